The Morgan fingerprint density at radius 3 is 2.29 bits per heavy atom. The summed E-state index contributed by atoms with van der Waals surface area (Å²) in [4.78, 5) is 17.1. The number of hydrogen-bond donors (Lipinski definition) is 1. The van der Waals surface area contributed by atoms with Crippen molar-refractivity contribution in [3.63, 3.8) is 0 Å². The van der Waals surface area contributed by atoms with Crippen LogP contribution in [0.5, 0.6) is 17.2 Å². The Morgan fingerprint density at radius 1 is 1.03 bits per heavy atom. The van der Waals surface area contributed by atoms with Crippen molar-refractivity contribution in [1.82, 2.24) is 4.98 Å². The van der Waals surface area contributed by atoms with Gasteiger partial charge in [-0.2, -0.15) is 0 Å². The van der Waals surface area contributed by atoms with Gasteiger partial charge in [0.1, 0.15) is 5.75 Å². The molecule has 180 valence electrons. The molecule has 0 radical (unpaired) electrons. The number of aromatic nitrogens is 1. The molecule has 3 aromatic rings. The number of benzene rings is 2. The number of aliphatic hydroxyl groups excluding tert-OH is 1. The maximum absolute atomic E-state index is 14.7. The Balaban J connectivity index is 2.28. The molecular weight excluding hydrogens is 437 g/mol. The molecule has 0 amide bonds. The molecule has 0 aliphatic rings. The first-order chi connectivity index (χ1) is 16.3. The molecule has 0 spiro atoms. The van der Waals surface area contributed by atoms with Crippen molar-refractivity contribution < 1.29 is 28.5 Å². The van der Waals surface area contributed by atoms with E-state index < -0.39 is 12.0 Å². The Kier molecular flexibility index (Phi) is 8.23. The van der Waals surface area contributed by atoms with Crippen LogP contribution in [0.25, 0.3) is 11.1 Å². The van der Waals surface area contributed by atoms with Crippen LogP contribution in [0.4, 0.5) is 9.18 Å². The van der Waals surface area contributed by atoms with E-state index in [2.05, 4.69) is 0 Å². The van der Waals surface area contributed by atoms with Crippen LogP contribution in [-0.2, 0) is 11.3 Å². The molecule has 1 N–H and O–H groups in total. The molecule has 0 fully saturated rings. The summed E-state index contributed by atoms with van der Waals surface area (Å²) < 4.78 is 31.1. The third-order valence-electron chi connectivity index (χ3n) is 5.20. The fraction of sp³-hybridized carbons (Fsp3) is 0.333. The predicted octanol–water partition coefficient (Wildman–Crippen LogP) is 6.95. The second-order valence-electron chi connectivity index (χ2n) is 8.38. The van der Waals surface area contributed by atoms with E-state index in [4.69, 9.17) is 19.2 Å². The third-order valence-corrected chi connectivity index (χ3v) is 5.20. The number of carbonyl (C=O) groups excluding carboxylic acids is 1. The normalized spacial score (nSPS) is 11.1. The second-order valence-corrected chi connectivity index (χ2v) is 8.38. The summed E-state index contributed by atoms with van der Waals surface area (Å²) in [5, 5.41) is 10.3. The zero-order valence-corrected chi connectivity index (χ0v) is 20.1. The Hall–Kier alpha value is -3.45. The number of aliphatic hydroxyl groups is 1. The lowest BCUT2D eigenvalue weighted by molar-refractivity contribution is 0.104. The number of ether oxygens (including phenoxy) is 3. The molecule has 1 heterocycles. The van der Waals surface area contributed by atoms with Gasteiger partial charge in [0, 0.05) is 16.8 Å². The van der Waals surface area contributed by atoms with Gasteiger partial charge in [-0.3, -0.25) is 4.98 Å². The van der Waals surface area contributed by atoms with Crippen LogP contribution in [0, 0.1) is 5.82 Å². The van der Waals surface area contributed by atoms with Crippen LogP contribution in [0.3, 0.4) is 0 Å². The highest BCUT2D eigenvalue weighted by molar-refractivity contribution is 5.80. The number of halogens is 1. The van der Waals surface area contributed by atoms with E-state index in [0.717, 1.165) is 0 Å². The molecular formula is C27H30FNO5. The fourth-order valence-corrected chi connectivity index (χ4v) is 3.66. The van der Waals surface area contributed by atoms with Crippen molar-refractivity contribution in [3.8, 4) is 28.4 Å². The van der Waals surface area contributed by atoms with Crippen LogP contribution in [0.2, 0.25) is 0 Å². The molecule has 7 heteroatoms. The summed E-state index contributed by atoms with van der Waals surface area (Å²) >= 11 is 0. The summed E-state index contributed by atoms with van der Waals surface area (Å²) in [5.74, 6) is -0.00933. The lowest BCUT2D eigenvalue weighted by Gasteiger charge is -2.23. The van der Waals surface area contributed by atoms with E-state index in [1.807, 2.05) is 33.8 Å². The summed E-state index contributed by atoms with van der Waals surface area (Å²) in [6.45, 7) is 9.27. The minimum absolute atomic E-state index is 0.00341. The quantitative estimate of drug-likeness (QED) is 0.361. The molecule has 6 nitrogen and oxygen atoms in total. The lowest BCUT2D eigenvalue weighted by Crippen LogP contribution is -2.16. The number of pyridine rings is 1. The average Bonchev–Trinajstić information content (AvgIpc) is 2.80. The highest BCUT2D eigenvalue weighted by Gasteiger charge is 2.27. The third kappa shape index (κ3) is 5.54. The molecule has 0 saturated carbocycles. The average molecular weight is 468 g/mol. The molecule has 0 unspecified atom stereocenters. The van der Waals surface area contributed by atoms with Gasteiger partial charge in [0.25, 0.3) is 0 Å². The predicted molar refractivity (Wildman–Crippen MR) is 128 cm³/mol. The van der Waals surface area contributed by atoms with E-state index in [-0.39, 0.29) is 36.5 Å². The minimum atomic E-state index is -0.878. The SMILES string of the molecule is CCOC(=O)Oc1c(C(C)C)nc(C(C)C)c(CO)c1-c1ccc(F)c(Oc2ccccc2)c1. The maximum Gasteiger partial charge on any atom is 0.513 e. The number of hydrogen-bond acceptors (Lipinski definition) is 6. The maximum atomic E-state index is 14.7. The van der Waals surface area contributed by atoms with E-state index in [1.165, 1.54) is 12.1 Å². The van der Waals surface area contributed by atoms with Gasteiger partial charge >= 0.3 is 6.16 Å². The molecule has 34 heavy (non-hydrogen) atoms. The summed E-state index contributed by atoms with van der Waals surface area (Å²) in [6.07, 6.45) is -0.878. The monoisotopic (exact) mass is 467 g/mol. The van der Waals surface area contributed by atoms with Gasteiger partial charge in [0.05, 0.1) is 18.9 Å². The molecule has 0 aliphatic carbocycles. The van der Waals surface area contributed by atoms with E-state index in [0.29, 0.717) is 33.8 Å². The largest absolute Gasteiger partial charge is 0.513 e. The highest BCUT2D eigenvalue weighted by Crippen LogP contribution is 2.43. The van der Waals surface area contributed by atoms with Crippen molar-refractivity contribution in [2.75, 3.05) is 6.61 Å². The van der Waals surface area contributed by atoms with Gasteiger partial charge in [0.2, 0.25) is 0 Å². The Labute approximate surface area is 199 Å². The van der Waals surface area contributed by atoms with Gasteiger partial charge in [-0.1, -0.05) is 52.0 Å². The zero-order chi connectivity index (χ0) is 24.8. The molecule has 2 aromatic carbocycles. The fourth-order valence-electron chi connectivity index (χ4n) is 3.66. The van der Waals surface area contributed by atoms with Gasteiger partial charge in [0.15, 0.2) is 17.3 Å². The molecule has 1 aromatic heterocycles. The summed E-state index contributed by atoms with van der Waals surface area (Å²) in [6, 6.07) is 13.2. The molecule has 0 saturated heterocycles. The van der Waals surface area contributed by atoms with E-state index >= 15 is 0 Å². The Morgan fingerprint density at radius 2 is 1.71 bits per heavy atom. The van der Waals surface area contributed by atoms with Gasteiger partial charge in [-0.05, 0) is 48.6 Å². The first-order valence-corrected chi connectivity index (χ1v) is 11.3. The van der Waals surface area contributed by atoms with Crippen molar-refractivity contribution in [3.05, 3.63) is 71.3 Å². The van der Waals surface area contributed by atoms with Gasteiger partial charge < -0.3 is 19.3 Å². The lowest BCUT2D eigenvalue weighted by atomic mass is 9.91. The standard InChI is InChI=1S/C27H30FNO5/c1-6-32-27(31)34-26-23(20(15-30)24(16(2)3)29-25(26)17(4)5)18-12-13-21(28)22(14-18)33-19-10-8-7-9-11-19/h7-14,16-17,30H,6,15H2,1-5H3. The molecule has 0 aliphatic heterocycles. The number of rotatable bonds is 8. The number of nitrogens with zero attached hydrogens (tertiary/aromatic N) is 1. The molecule has 0 bridgehead atoms. The smallest absolute Gasteiger partial charge is 0.454 e. The van der Waals surface area contributed by atoms with Crippen LogP contribution >= 0.6 is 0 Å². The van der Waals surface area contributed by atoms with Crippen LogP contribution in [0.1, 0.15) is 63.4 Å². The van der Waals surface area contributed by atoms with Crippen molar-refractivity contribution in [1.29, 1.82) is 0 Å². The minimum Gasteiger partial charge on any atom is -0.454 e. The van der Waals surface area contributed by atoms with Crippen molar-refractivity contribution in [2.24, 2.45) is 0 Å². The van der Waals surface area contributed by atoms with Crippen molar-refractivity contribution in [2.45, 2.75) is 53.1 Å². The number of para-hydroxylation sites is 1. The Bertz CT molecular complexity index is 1150. The van der Waals surface area contributed by atoms with Gasteiger partial charge in [-0.15, -0.1) is 0 Å². The zero-order valence-electron chi connectivity index (χ0n) is 20.1. The van der Waals surface area contributed by atoms with Crippen LogP contribution < -0.4 is 9.47 Å². The van der Waals surface area contributed by atoms with Crippen LogP contribution in [0.15, 0.2) is 48.5 Å². The first-order valence-electron chi connectivity index (χ1n) is 11.3. The highest BCUT2D eigenvalue weighted by atomic mass is 19.1. The first kappa shape index (κ1) is 25.2. The second kappa shape index (κ2) is 11.1. The summed E-state index contributed by atoms with van der Waals surface area (Å²) in [7, 11) is 0. The molecule has 3 rings (SSSR count). The number of carbonyl (C=O) groups is 1. The molecule has 0 atom stereocenters. The topological polar surface area (TPSA) is 77.9 Å². The van der Waals surface area contributed by atoms with E-state index in [9.17, 15) is 14.3 Å². The van der Waals surface area contributed by atoms with Crippen LogP contribution in [-0.4, -0.2) is 22.9 Å². The van der Waals surface area contributed by atoms with Crippen molar-refractivity contribution >= 4 is 6.16 Å². The van der Waals surface area contributed by atoms with Gasteiger partial charge in [-0.25, -0.2) is 9.18 Å². The van der Waals surface area contributed by atoms with E-state index in [1.54, 1.807) is 37.3 Å². The summed E-state index contributed by atoms with van der Waals surface area (Å²) in [5.41, 5.74) is 2.68.